The highest BCUT2D eigenvalue weighted by molar-refractivity contribution is 5.54. The zero-order chi connectivity index (χ0) is 17.8. The molecule has 2 aromatic rings. The number of rotatable bonds is 4. The molecular formula is C20H27N5O. The quantitative estimate of drug-likeness (QED) is 0.842. The first-order chi connectivity index (χ1) is 12.8. The Morgan fingerprint density at radius 3 is 2.81 bits per heavy atom. The van der Waals surface area contributed by atoms with Gasteiger partial charge in [-0.25, -0.2) is 9.97 Å². The predicted molar refractivity (Wildman–Crippen MR) is 102 cm³/mol. The zero-order valence-corrected chi connectivity index (χ0v) is 15.5. The van der Waals surface area contributed by atoms with Gasteiger partial charge in [-0.05, 0) is 38.3 Å². The molecule has 26 heavy (non-hydrogen) atoms. The molecule has 0 aromatic carbocycles. The van der Waals surface area contributed by atoms with Crippen LogP contribution in [0.4, 0.5) is 5.82 Å². The van der Waals surface area contributed by atoms with Gasteiger partial charge < -0.3 is 9.64 Å². The molecule has 0 spiro atoms. The molecule has 0 aliphatic carbocycles. The lowest BCUT2D eigenvalue weighted by molar-refractivity contribution is 0.0338. The minimum Gasteiger partial charge on any atom is -0.379 e. The van der Waals surface area contributed by atoms with Crippen LogP contribution in [0.1, 0.15) is 25.0 Å². The number of piperidine rings is 1. The molecule has 0 N–H and O–H groups in total. The third-order valence-electron chi connectivity index (χ3n) is 5.23. The second kappa shape index (κ2) is 8.10. The third kappa shape index (κ3) is 4.02. The summed E-state index contributed by atoms with van der Waals surface area (Å²) in [5, 5.41) is 0. The summed E-state index contributed by atoms with van der Waals surface area (Å²) in [6.07, 6.45) is 5.53. The summed E-state index contributed by atoms with van der Waals surface area (Å²) in [4.78, 5) is 18.9. The van der Waals surface area contributed by atoms with Gasteiger partial charge in [0.15, 0.2) is 5.82 Å². The SMILES string of the molecule is Cc1cc(N2CCCCC2CN2CCOCC2)nc(-c2ccccn2)n1. The van der Waals surface area contributed by atoms with Gasteiger partial charge in [0.1, 0.15) is 11.5 Å². The van der Waals surface area contributed by atoms with Gasteiger partial charge in [-0.15, -0.1) is 0 Å². The Morgan fingerprint density at radius 1 is 1.12 bits per heavy atom. The van der Waals surface area contributed by atoms with Crippen LogP contribution in [0.25, 0.3) is 11.5 Å². The van der Waals surface area contributed by atoms with E-state index in [0.29, 0.717) is 6.04 Å². The Morgan fingerprint density at radius 2 is 2.00 bits per heavy atom. The molecule has 4 heterocycles. The van der Waals surface area contributed by atoms with Crippen molar-refractivity contribution >= 4 is 5.82 Å². The first kappa shape index (κ1) is 17.4. The maximum Gasteiger partial charge on any atom is 0.180 e. The van der Waals surface area contributed by atoms with Gasteiger partial charge in [0.2, 0.25) is 0 Å². The molecule has 1 unspecified atom stereocenters. The number of ether oxygens (including phenoxy) is 1. The Hall–Kier alpha value is -2.05. The molecule has 0 saturated carbocycles. The molecule has 0 radical (unpaired) electrons. The van der Waals surface area contributed by atoms with E-state index in [1.54, 1.807) is 6.20 Å². The van der Waals surface area contributed by atoms with Crippen molar-refractivity contribution in [3.8, 4) is 11.5 Å². The summed E-state index contributed by atoms with van der Waals surface area (Å²) >= 11 is 0. The number of hydrogen-bond acceptors (Lipinski definition) is 6. The van der Waals surface area contributed by atoms with Crippen molar-refractivity contribution in [1.82, 2.24) is 19.9 Å². The van der Waals surface area contributed by atoms with Crippen molar-refractivity contribution in [2.24, 2.45) is 0 Å². The van der Waals surface area contributed by atoms with Crippen LogP contribution in [-0.4, -0.2) is 65.3 Å². The van der Waals surface area contributed by atoms with Crippen LogP contribution in [-0.2, 0) is 4.74 Å². The van der Waals surface area contributed by atoms with E-state index in [-0.39, 0.29) is 0 Å². The summed E-state index contributed by atoms with van der Waals surface area (Å²) in [5.41, 5.74) is 1.82. The fourth-order valence-corrected chi connectivity index (χ4v) is 3.88. The van der Waals surface area contributed by atoms with Crippen molar-refractivity contribution in [1.29, 1.82) is 0 Å². The van der Waals surface area contributed by atoms with Crippen molar-refractivity contribution in [2.75, 3.05) is 44.3 Å². The van der Waals surface area contributed by atoms with E-state index in [4.69, 9.17) is 9.72 Å². The van der Waals surface area contributed by atoms with E-state index < -0.39 is 0 Å². The lowest BCUT2D eigenvalue weighted by Gasteiger charge is -2.40. The predicted octanol–water partition coefficient (Wildman–Crippen LogP) is 2.54. The average molecular weight is 353 g/mol. The first-order valence-electron chi connectivity index (χ1n) is 9.63. The Kier molecular flexibility index (Phi) is 5.41. The number of nitrogens with zero attached hydrogens (tertiary/aromatic N) is 5. The number of aromatic nitrogens is 3. The smallest absolute Gasteiger partial charge is 0.180 e. The Labute approximate surface area is 155 Å². The number of aryl methyl sites for hydroxylation is 1. The Bertz CT molecular complexity index is 717. The summed E-state index contributed by atoms with van der Waals surface area (Å²) in [6, 6.07) is 8.50. The highest BCUT2D eigenvalue weighted by Gasteiger charge is 2.27. The second-order valence-corrected chi connectivity index (χ2v) is 7.16. The van der Waals surface area contributed by atoms with Gasteiger partial charge in [-0.1, -0.05) is 6.07 Å². The van der Waals surface area contributed by atoms with Crippen LogP contribution < -0.4 is 4.90 Å². The number of hydrogen-bond donors (Lipinski definition) is 0. The molecule has 2 aliphatic rings. The van der Waals surface area contributed by atoms with E-state index in [2.05, 4.69) is 25.8 Å². The first-order valence-corrected chi connectivity index (χ1v) is 9.63. The van der Waals surface area contributed by atoms with Gasteiger partial charge in [0, 0.05) is 50.2 Å². The minimum absolute atomic E-state index is 0.507. The summed E-state index contributed by atoms with van der Waals surface area (Å²) < 4.78 is 5.50. The molecule has 0 amide bonds. The molecule has 4 rings (SSSR count). The van der Waals surface area contributed by atoms with Crippen LogP contribution in [0.15, 0.2) is 30.5 Å². The largest absolute Gasteiger partial charge is 0.379 e. The topological polar surface area (TPSA) is 54.4 Å². The molecule has 138 valence electrons. The fourth-order valence-electron chi connectivity index (χ4n) is 3.88. The second-order valence-electron chi connectivity index (χ2n) is 7.16. The van der Waals surface area contributed by atoms with E-state index in [1.807, 2.05) is 25.1 Å². The van der Waals surface area contributed by atoms with E-state index >= 15 is 0 Å². The minimum atomic E-state index is 0.507. The lowest BCUT2D eigenvalue weighted by atomic mass is 10.0. The average Bonchev–Trinajstić information content (AvgIpc) is 2.69. The maximum atomic E-state index is 5.50. The van der Waals surface area contributed by atoms with E-state index in [0.717, 1.165) is 62.4 Å². The van der Waals surface area contributed by atoms with E-state index in [1.165, 1.54) is 19.3 Å². The highest BCUT2D eigenvalue weighted by Crippen LogP contribution is 2.26. The van der Waals surface area contributed by atoms with Gasteiger partial charge in [0.25, 0.3) is 0 Å². The summed E-state index contributed by atoms with van der Waals surface area (Å²) in [5.74, 6) is 1.76. The van der Waals surface area contributed by atoms with Gasteiger partial charge >= 0.3 is 0 Å². The fraction of sp³-hybridized carbons (Fsp3) is 0.550. The molecule has 6 heteroatoms. The van der Waals surface area contributed by atoms with Crippen LogP contribution in [0.3, 0.4) is 0 Å². The standard InChI is InChI=1S/C20H27N5O/c1-16-14-19(23-20(22-16)18-7-2-4-8-21-18)25-9-5-3-6-17(25)15-24-10-12-26-13-11-24/h2,4,7-8,14,17H,3,5-6,9-13,15H2,1H3. The van der Waals surface area contributed by atoms with Crippen LogP contribution in [0, 0.1) is 6.92 Å². The molecule has 2 fully saturated rings. The molecule has 2 saturated heterocycles. The molecular weight excluding hydrogens is 326 g/mol. The number of morpholine rings is 1. The van der Waals surface area contributed by atoms with Crippen LogP contribution in [0.5, 0.6) is 0 Å². The van der Waals surface area contributed by atoms with Crippen molar-refractivity contribution in [3.63, 3.8) is 0 Å². The van der Waals surface area contributed by atoms with Crippen LogP contribution >= 0.6 is 0 Å². The van der Waals surface area contributed by atoms with Gasteiger partial charge in [0.05, 0.1) is 13.2 Å². The Balaban J connectivity index is 1.58. The maximum absolute atomic E-state index is 5.50. The van der Waals surface area contributed by atoms with E-state index in [9.17, 15) is 0 Å². The van der Waals surface area contributed by atoms with Gasteiger partial charge in [-0.2, -0.15) is 0 Å². The molecule has 2 aliphatic heterocycles. The number of anilines is 1. The normalized spacial score (nSPS) is 21.7. The van der Waals surface area contributed by atoms with Crippen molar-refractivity contribution < 1.29 is 4.74 Å². The monoisotopic (exact) mass is 353 g/mol. The molecule has 6 nitrogen and oxygen atoms in total. The van der Waals surface area contributed by atoms with Gasteiger partial charge in [-0.3, -0.25) is 9.88 Å². The molecule has 0 bridgehead atoms. The highest BCUT2D eigenvalue weighted by atomic mass is 16.5. The summed E-state index contributed by atoms with van der Waals surface area (Å²) in [6.45, 7) is 7.96. The third-order valence-corrected chi connectivity index (χ3v) is 5.23. The molecule has 2 aromatic heterocycles. The van der Waals surface area contributed by atoms with Crippen LogP contribution in [0.2, 0.25) is 0 Å². The lowest BCUT2D eigenvalue weighted by Crippen LogP contribution is -2.49. The summed E-state index contributed by atoms with van der Waals surface area (Å²) in [7, 11) is 0. The molecule has 1 atom stereocenters. The number of pyridine rings is 1. The van der Waals surface area contributed by atoms with Crippen molar-refractivity contribution in [3.05, 3.63) is 36.2 Å². The zero-order valence-electron chi connectivity index (χ0n) is 15.5. The van der Waals surface area contributed by atoms with Crippen molar-refractivity contribution in [2.45, 2.75) is 32.2 Å².